The van der Waals surface area contributed by atoms with Crippen LogP contribution in [0.5, 0.6) is 11.5 Å². The number of benzene rings is 1. The van der Waals surface area contributed by atoms with Crippen molar-refractivity contribution in [2.75, 3.05) is 14.2 Å². The van der Waals surface area contributed by atoms with Crippen LogP contribution >= 0.6 is 0 Å². The fourth-order valence-electron chi connectivity index (χ4n) is 1.98. The summed E-state index contributed by atoms with van der Waals surface area (Å²) in [4.78, 5) is 11.0. The van der Waals surface area contributed by atoms with E-state index in [-0.39, 0.29) is 12.2 Å². The minimum atomic E-state index is -1.14. The Morgan fingerprint density at radius 3 is 2.62 bits per heavy atom. The molecule has 0 aliphatic heterocycles. The summed E-state index contributed by atoms with van der Waals surface area (Å²) in [5.41, 5.74) is 6.69. The van der Waals surface area contributed by atoms with Crippen molar-refractivity contribution in [2.24, 2.45) is 5.73 Å². The summed E-state index contributed by atoms with van der Waals surface area (Å²) < 4.78 is 11.9. The molecular weight excluding hydrogens is 276 g/mol. The molecule has 8 nitrogen and oxygen atoms in total. The van der Waals surface area contributed by atoms with Crippen molar-refractivity contribution in [3.05, 3.63) is 35.2 Å². The number of carbonyl (C=O) groups is 1. The van der Waals surface area contributed by atoms with Gasteiger partial charge in [-0.05, 0) is 17.7 Å². The summed E-state index contributed by atoms with van der Waals surface area (Å²) in [5.74, 6) is 0.0574. The molecule has 2 rings (SSSR count). The lowest BCUT2D eigenvalue weighted by molar-refractivity contribution is 0.0689. The van der Waals surface area contributed by atoms with Crippen LogP contribution in [0.3, 0.4) is 0 Å². The number of nitrogens with zero attached hydrogens (tertiary/aromatic N) is 3. The summed E-state index contributed by atoms with van der Waals surface area (Å²) in [7, 11) is 3.10. The molecule has 0 saturated carbocycles. The number of hydrogen-bond acceptors (Lipinski definition) is 6. The number of aromatic nitrogens is 3. The van der Waals surface area contributed by atoms with Gasteiger partial charge in [0.25, 0.3) is 0 Å². The third-order valence-electron chi connectivity index (χ3n) is 3.01. The highest BCUT2D eigenvalue weighted by molar-refractivity contribution is 5.86. The fourth-order valence-corrected chi connectivity index (χ4v) is 1.98. The van der Waals surface area contributed by atoms with Crippen LogP contribution in [0.1, 0.15) is 21.7 Å². The normalized spacial score (nSPS) is 10.4. The fraction of sp³-hybridized carbons (Fsp3) is 0.308. The van der Waals surface area contributed by atoms with Crippen LogP contribution in [0.15, 0.2) is 18.2 Å². The van der Waals surface area contributed by atoms with Crippen molar-refractivity contribution < 1.29 is 19.4 Å². The van der Waals surface area contributed by atoms with Crippen LogP contribution in [0.2, 0.25) is 0 Å². The predicted octanol–water partition coefficient (Wildman–Crippen LogP) is 0.500. The van der Waals surface area contributed by atoms with Crippen LogP contribution < -0.4 is 15.2 Å². The van der Waals surface area contributed by atoms with Gasteiger partial charge in [-0.2, -0.15) is 0 Å². The van der Waals surface area contributed by atoms with Gasteiger partial charge in [0, 0.05) is 6.54 Å². The highest BCUT2D eigenvalue weighted by Crippen LogP contribution is 2.27. The van der Waals surface area contributed by atoms with E-state index >= 15 is 0 Å². The van der Waals surface area contributed by atoms with Gasteiger partial charge in [-0.15, -0.1) is 5.10 Å². The molecule has 0 amide bonds. The zero-order chi connectivity index (χ0) is 15.4. The van der Waals surface area contributed by atoms with Gasteiger partial charge in [-0.1, -0.05) is 11.3 Å². The molecule has 0 unspecified atom stereocenters. The van der Waals surface area contributed by atoms with Crippen LogP contribution in [0.4, 0.5) is 0 Å². The molecule has 0 spiro atoms. The van der Waals surface area contributed by atoms with E-state index in [1.54, 1.807) is 26.4 Å². The van der Waals surface area contributed by atoms with Crippen molar-refractivity contribution in [1.82, 2.24) is 15.0 Å². The molecule has 2 aromatic rings. The molecule has 3 N–H and O–H groups in total. The molecule has 0 atom stereocenters. The zero-order valence-electron chi connectivity index (χ0n) is 11.7. The van der Waals surface area contributed by atoms with Crippen LogP contribution in [0.25, 0.3) is 0 Å². The zero-order valence-corrected chi connectivity index (χ0v) is 11.7. The Labute approximate surface area is 121 Å². The molecule has 0 saturated heterocycles. The van der Waals surface area contributed by atoms with Gasteiger partial charge in [-0.25, -0.2) is 9.48 Å². The summed E-state index contributed by atoms with van der Waals surface area (Å²) in [6.45, 7) is 0.384. The predicted molar refractivity (Wildman–Crippen MR) is 73.5 cm³/mol. The first-order valence-electron chi connectivity index (χ1n) is 6.17. The number of ether oxygens (including phenoxy) is 2. The lowest BCUT2D eigenvalue weighted by Crippen LogP contribution is -2.13. The quantitative estimate of drug-likeness (QED) is 0.797. The minimum Gasteiger partial charge on any atom is -0.493 e. The highest BCUT2D eigenvalue weighted by atomic mass is 16.5. The van der Waals surface area contributed by atoms with E-state index in [4.69, 9.17) is 20.3 Å². The van der Waals surface area contributed by atoms with Crippen LogP contribution in [0, 0.1) is 0 Å². The van der Waals surface area contributed by atoms with Gasteiger partial charge in [-0.3, -0.25) is 0 Å². The monoisotopic (exact) mass is 292 g/mol. The van der Waals surface area contributed by atoms with E-state index in [0.29, 0.717) is 23.7 Å². The van der Waals surface area contributed by atoms with Crippen molar-refractivity contribution >= 4 is 5.97 Å². The summed E-state index contributed by atoms with van der Waals surface area (Å²) in [5, 5.41) is 16.5. The first-order valence-corrected chi connectivity index (χ1v) is 6.17. The molecule has 8 heteroatoms. The maximum atomic E-state index is 11.0. The summed E-state index contributed by atoms with van der Waals surface area (Å²) >= 11 is 0. The summed E-state index contributed by atoms with van der Waals surface area (Å²) in [6.07, 6.45) is 0. The number of rotatable bonds is 6. The topological polar surface area (TPSA) is 112 Å². The highest BCUT2D eigenvalue weighted by Gasteiger charge is 2.18. The number of hydrogen-bond donors (Lipinski definition) is 2. The van der Waals surface area contributed by atoms with E-state index < -0.39 is 5.97 Å². The average Bonchev–Trinajstić information content (AvgIpc) is 2.89. The van der Waals surface area contributed by atoms with E-state index in [2.05, 4.69) is 10.3 Å². The minimum absolute atomic E-state index is 0.0436. The first-order chi connectivity index (χ1) is 10.1. The molecule has 21 heavy (non-hydrogen) atoms. The molecular formula is C13H16N4O4. The molecule has 0 radical (unpaired) electrons. The van der Waals surface area contributed by atoms with Crippen LogP contribution in [-0.2, 0) is 13.1 Å². The van der Waals surface area contributed by atoms with Crippen LogP contribution in [-0.4, -0.2) is 40.3 Å². The van der Waals surface area contributed by atoms with E-state index in [0.717, 1.165) is 5.56 Å². The SMILES string of the molecule is COc1ccc(Cn2nnc(C(=O)O)c2CN)cc1OC. The Hall–Kier alpha value is -2.61. The molecule has 1 aromatic carbocycles. The number of carboxylic acids is 1. The second kappa shape index (κ2) is 6.23. The Bertz CT molecular complexity index is 654. The molecule has 1 heterocycles. The van der Waals surface area contributed by atoms with Crippen molar-refractivity contribution in [1.29, 1.82) is 0 Å². The lowest BCUT2D eigenvalue weighted by atomic mass is 10.2. The van der Waals surface area contributed by atoms with Crippen molar-refractivity contribution in [3.63, 3.8) is 0 Å². The molecule has 1 aromatic heterocycles. The third kappa shape index (κ3) is 2.95. The van der Waals surface area contributed by atoms with Gasteiger partial charge < -0.3 is 20.3 Å². The first kappa shape index (κ1) is 14.8. The van der Waals surface area contributed by atoms with Gasteiger partial charge in [0.2, 0.25) is 0 Å². The standard InChI is InChI=1S/C13H16N4O4/c1-20-10-4-3-8(5-11(10)21-2)7-17-9(6-14)12(13(18)19)15-16-17/h3-5H,6-7,14H2,1-2H3,(H,18,19). The number of methoxy groups -OCH3 is 2. The summed E-state index contributed by atoms with van der Waals surface area (Å²) in [6, 6.07) is 5.40. The molecule has 0 bridgehead atoms. The van der Waals surface area contributed by atoms with Gasteiger partial charge in [0.1, 0.15) is 0 Å². The molecule has 112 valence electrons. The number of carboxylic acid groups (broad SMARTS) is 1. The van der Waals surface area contributed by atoms with Gasteiger partial charge in [0.15, 0.2) is 17.2 Å². The Kier molecular flexibility index (Phi) is 4.39. The second-order valence-corrected chi connectivity index (χ2v) is 4.24. The Balaban J connectivity index is 2.32. The lowest BCUT2D eigenvalue weighted by Gasteiger charge is -2.10. The van der Waals surface area contributed by atoms with Gasteiger partial charge >= 0.3 is 5.97 Å². The van der Waals surface area contributed by atoms with E-state index in [1.165, 1.54) is 4.68 Å². The molecule has 0 fully saturated rings. The number of nitrogens with two attached hydrogens (primary N) is 1. The van der Waals surface area contributed by atoms with E-state index in [9.17, 15) is 4.79 Å². The van der Waals surface area contributed by atoms with Crippen molar-refractivity contribution in [2.45, 2.75) is 13.1 Å². The van der Waals surface area contributed by atoms with Gasteiger partial charge in [0.05, 0.1) is 26.5 Å². The molecule has 0 aliphatic rings. The Morgan fingerprint density at radius 1 is 1.33 bits per heavy atom. The maximum absolute atomic E-state index is 11.0. The average molecular weight is 292 g/mol. The molecule has 0 aliphatic carbocycles. The second-order valence-electron chi connectivity index (χ2n) is 4.24. The van der Waals surface area contributed by atoms with E-state index in [1.807, 2.05) is 6.07 Å². The largest absolute Gasteiger partial charge is 0.493 e. The third-order valence-corrected chi connectivity index (χ3v) is 3.01. The van der Waals surface area contributed by atoms with Crippen molar-refractivity contribution in [3.8, 4) is 11.5 Å². The Morgan fingerprint density at radius 2 is 2.05 bits per heavy atom. The maximum Gasteiger partial charge on any atom is 0.358 e. The smallest absolute Gasteiger partial charge is 0.358 e. The number of aromatic carboxylic acids is 1.